The van der Waals surface area contributed by atoms with E-state index in [1.54, 1.807) is 0 Å². The van der Waals surface area contributed by atoms with E-state index in [1.165, 1.54) is 13.8 Å². The molecule has 2 atom stereocenters. The summed E-state index contributed by atoms with van der Waals surface area (Å²) < 4.78 is 35.9. The molecule has 13 heteroatoms. The fourth-order valence-electron chi connectivity index (χ4n) is 2.37. The molecule has 0 aromatic rings. The topological polar surface area (TPSA) is 113 Å². The zero-order valence-corrected chi connectivity index (χ0v) is 25.7. The summed E-state index contributed by atoms with van der Waals surface area (Å²) in [6.45, 7) is 3.58. The van der Waals surface area contributed by atoms with E-state index in [4.69, 9.17) is 19.1 Å². The molecular weight excluding hydrogens is 625 g/mol. The van der Waals surface area contributed by atoms with Crippen molar-refractivity contribution in [3.05, 3.63) is 12.8 Å². The first kappa shape index (κ1) is 37.3. The average Bonchev–Trinajstić information content (AvgIpc) is 2.50. The van der Waals surface area contributed by atoms with Gasteiger partial charge in [-0.05, 0) is 33.1 Å². The number of hydrogen-bond donors (Lipinski definition) is 3. The quantitative estimate of drug-likeness (QED) is 0.126. The third-order valence-electron chi connectivity index (χ3n) is 3.79. The summed E-state index contributed by atoms with van der Waals surface area (Å²) >= 11 is 0. The molecule has 3 radical (unpaired) electrons. The molecule has 0 amide bonds. The molecule has 0 spiro atoms. The largest absolute Gasteiger partial charge is 0.492 e. The van der Waals surface area contributed by atoms with Crippen molar-refractivity contribution in [2.75, 3.05) is 20.0 Å². The summed E-state index contributed by atoms with van der Waals surface area (Å²) in [5.74, 6) is -1.78. The molecule has 0 aliphatic heterocycles. The second-order valence-electron chi connectivity index (χ2n) is 6.46. The minimum absolute atomic E-state index is 0. The van der Waals surface area contributed by atoms with Gasteiger partial charge in [-0.1, -0.05) is 6.58 Å². The van der Waals surface area contributed by atoms with Crippen molar-refractivity contribution >= 4 is 20.7 Å². The van der Waals surface area contributed by atoms with Crippen molar-refractivity contribution in [1.82, 2.24) is 0 Å². The predicted molar refractivity (Wildman–Crippen MR) is 86.5 cm³/mol. The smallest absolute Gasteiger partial charge is 0.465 e. The monoisotopic (exact) mass is 651 g/mol. The molecular formula is C15H26F2O7SiY3. The molecule has 0 aliphatic carbocycles. The first-order valence-electron chi connectivity index (χ1n) is 7.72. The second-order valence-corrected chi connectivity index (χ2v) is 8.51. The van der Waals surface area contributed by atoms with Crippen molar-refractivity contribution < 1.29 is 140 Å². The van der Waals surface area contributed by atoms with Crippen LogP contribution in [0.5, 0.6) is 0 Å². The SMILES string of the molecule is C=COC(=O)C(C)(CF)CC(C)(CCF)C(=O)OCCC[Si](O)(O)O.[Y].[Y].[Y]. The summed E-state index contributed by atoms with van der Waals surface area (Å²) in [5, 5.41) is 0. The molecule has 155 valence electrons. The number of alkyl halides is 2. The number of carbonyl (C=O) groups excluding carboxylic acids is 2. The van der Waals surface area contributed by atoms with Crippen LogP contribution in [-0.4, -0.2) is 55.1 Å². The molecule has 0 rings (SSSR count). The van der Waals surface area contributed by atoms with Crippen molar-refractivity contribution in [1.29, 1.82) is 0 Å². The van der Waals surface area contributed by atoms with Crippen molar-refractivity contribution in [2.45, 2.75) is 39.2 Å². The van der Waals surface area contributed by atoms with Crippen LogP contribution in [0.1, 0.15) is 33.1 Å². The van der Waals surface area contributed by atoms with Gasteiger partial charge in [0, 0.05) is 104 Å². The normalized spacial score (nSPS) is 14.7. The Hall–Kier alpha value is 1.95. The van der Waals surface area contributed by atoms with Gasteiger partial charge in [-0.15, -0.1) is 0 Å². The van der Waals surface area contributed by atoms with Gasteiger partial charge in [-0.25, -0.2) is 4.39 Å². The first-order valence-corrected chi connectivity index (χ1v) is 9.77. The standard InChI is InChI=1S/C15H26F2O7Si.3Y/c1-4-23-13(19)15(3,11-17)10-14(2,6-7-16)12(18)24-8-5-9-25(20,21)22;;;/h4,20-22H,1,5-11H2,2-3H3;;;. The van der Waals surface area contributed by atoms with Crippen molar-refractivity contribution in [3.63, 3.8) is 0 Å². The van der Waals surface area contributed by atoms with E-state index in [-0.39, 0.29) is 130 Å². The Morgan fingerprint density at radius 3 is 2.00 bits per heavy atom. The second kappa shape index (κ2) is 17.5. The molecule has 0 aromatic heterocycles. The number of hydrogen-bond acceptors (Lipinski definition) is 7. The van der Waals surface area contributed by atoms with Gasteiger partial charge in [0.25, 0.3) is 0 Å². The Bertz CT molecular complexity index is 483. The van der Waals surface area contributed by atoms with E-state index in [9.17, 15) is 18.4 Å². The molecule has 3 N–H and O–H groups in total. The van der Waals surface area contributed by atoms with Crippen molar-refractivity contribution in [2.24, 2.45) is 10.8 Å². The Balaban J connectivity index is -0.000000960. The summed E-state index contributed by atoms with van der Waals surface area (Å²) in [6.07, 6.45) is 0.202. The fraction of sp³-hybridized carbons (Fsp3) is 0.733. The molecule has 7 nitrogen and oxygen atoms in total. The Kier molecular flexibility index (Phi) is 23.3. The molecule has 0 fully saturated rings. The zero-order valence-electron chi connectivity index (χ0n) is 16.2. The summed E-state index contributed by atoms with van der Waals surface area (Å²) in [4.78, 5) is 50.9. The molecule has 0 bridgehead atoms. The molecule has 0 saturated heterocycles. The van der Waals surface area contributed by atoms with Crippen molar-refractivity contribution in [3.8, 4) is 0 Å². The fourth-order valence-corrected chi connectivity index (χ4v) is 2.99. The number of rotatable bonds is 12. The molecule has 0 saturated carbocycles. The first-order chi connectivity index (χ1) is 11.4. The third-order valence-corrected chi connectivity index (χ3v) is 4.81. The molecule has 0 heterocycles. The van der Waals surface area contributed by atoms with Crippen LogP contribution >= 0.6 is 0 Å². The third kappa shape index (κ3) is 14.1. The van der Waals surface area contributed by atoms with Gasteiger partial charge in [0.1, 0.15) is 6.67 Å². The van der Waals surface area contributed by atoms with Crippen LogP contribution in [0.3, 0.4) is 0 Å². The maximum atomic E-state index is 13.4. The van der Waals surface area contributed by atoms with Crippen LogP contribution < -0.4 is 0 Å². The van der Waals surface area contributed by atoms with Gasteiger partial charge in [0.05, 0.1) is 30.4 Å². The number of esters is 2. The average molecular weight is 651 g/mol. The minimum atomic E-state index is -4.23. The van der Waals surface area contributed by atoms with Gasteiger partial charge in [0.2, 0.25) is 0 Å². The predicted octanol–water partition coefficient (Wildman–Crippen LogP) is 1.25. The Morgan fingerprint density at radius 1 is 1.07 bits per heavy atom. The molecule has 2 unspecified atom stereocenters. The summed E-state index contributed by atoms with van der Waals surface area (Å²) in [6, 6.07) is -0.325. The van der Waals surface area contributed by atoms with Gasteiger partial charge in [-0.2, -0.15) is 0 Å². The van der Waals surface area contributed by atoms with E-state index >= 15 is 0 Å². The van der Waals surface area contributed by atoms with E-state index < -0.39 is 44.9 Å². The van der Waals surface area contributed by atoms with Crippen LogP contribution in [0, 0.1) is 10.8 Å². The Labute approximate surface area is 240 Å². The maximum Gasteiger partial charge on any atom is 0.492 e. The molecule has 28 heavy (non-hydrogen) atoms. The number of halogens is 2. The van der Waals surface area contributed by atoms with Crippen LogP contribution in [0.15, 0.2) is 12.8 Å². The number of ether oxygens (including phenoxy) is 2. The van der Waals surface area contributed by atoms with Crippen LogP contribution in [0.4, 0.5) is 8.78 Å². The summed E-state index contributed by atoms with van der Waals surface area (Å²) in [5.41, 5.74) is -3.16. The van der Waals surface area contributed by atoms with Crippen LogP contribution in [0.2, 0.25) is 6.04 Å². The van der Waals surface area contributed by atoms with E-state index in [1.807, 2.05) is 0 Å². The summed E-state index contributed by atoms with van der Waals surface area (Å²) in [7, 11) is -4.23. The van der Waals surface area contributed by atoms with E-state index in [0.717, 1.165) is 6.26 Å². The minimum Gasteiger partial charge on any atom is -0.465 e. The van der Waals surface area contributed by atoms with Gasteiger partial charge in [-0.3, -0.25) is 14.0 Å². The maximum absolute atomic E-state index is 13.4. The number of carbonyl (C=O) groups is 2. The zero-order chi connectivity index (χ0) is 19.7. The van der Waals surface area contributed by atoms with E-state index in [2.05, 4.69) is 11.3 Å². The van der Waals surface area contributed by atoms with Gasteiger partial charge >= 0.3 is 20.7 Å². The van der Waals surface area contributed by atoms with Crippen LogP contribution in [-0.2, 0) is 117 Å². The Morgan fingerprint density at radius 2 is 1.61 bits per heavy atom. The van der Waals surface area contributed by atoms with Gasteiger partial charge < -0.3 is 23.9 Å². The van der Waals surface area contributed by atoms with Crippen LogP contribution in [0.25, 0.3) is 0 Å². The van der Waals surface area contributed by atoms with Gasteiger partial charge in [0.15, 0.2) is 0 Å². The molecule has 0 aliphatic rings. The molecule has 0 aromatic carbocycles. The van der Waals surface area contributed by atoms with E-state index in [0.29, 0.717) is 0 Å².